The van der Waals surface area contributed by atoms with Crippen molar-refractivity contribution in [2.45, 2.75) is 31.5 Å². The highest BCUT2D eigenvalue weighted by Crippen LogP contribution is 2.33. The Morgan fingerprint density at radius 1 is 0.884 bits per heavy atom. The lowest BCUT2D eigenvalue weighted by molar-refractivity contribution is -0.193. The van der Waals surface area contributed by atoms with Gasteiger partial charge in [0.25, 0.3) is 0 Å². The molecule has 0 radical (unpaired) electrons. The molecule has 1 aromatic heterocycles. The van der Waals surface area contributed by atoms with E-state index in [1.807, 2.05) is 12.3 Å². The van der Waals surface area contributed by atoms with Gasteiger partial charge in [0.1, 0.15) is 0 Å². The summed E-state index contributed by atoms with van der Waals surface area (Å²) in [5.74, 6) is -8.27. The molecule has 0 saturated carbocycles. The van der Waals surface area contributed by atoms with E-state index in [0.717, 1.165) is 64.8 Å². The predicted molar refractivity (Wildman–Crippen MR) is 127 cm³/mol. The predicted octanol–water partition coefficient (Wildman–Crippen LogP) is 3.15. The molecule has 3 rings (SSSR count). The van der Waals surface area contributed by atoms with Crippen LogP contribution in [0, 0.1) is 5.41 Å². The van der Waals surface area contributed by atoms with E-state index in [0.29, 0.717) is 0 Å². The summed E-state index contributed by atoms with van der Waals surface area (Å²) in [6, 6.07) is 6.15. The van der Waals surface area contributed by atoms with Gasteiger partial charge >= 0.3 is 36.4 Å². The first kappa shape index (κ1) is 39.8. The number of hydrogen-bond donors (Lipinski definition) is 3. The molecule has 1 aromatic rings. The summed E-state index contributed by atoms with van der Waals surface area (Å²) >= 11 is 0. The van der Waals surface area contributed by atoms with Gasteiger partial charge in [-0.15, -0.1) is 0 Å². The van der Waals surface area contributed by atoms with Crippen LogP contribution in [0.1, 0.15) is 12.1 Å². The second kappa shape index (κ2) is 17.8. The molecule has 248 valence electrons. The molecular weight excluding hydrogens is 617 g/mol. The molecule has 2 fully saturated rings. The van der Waals surface area contributed by atoms with Gasteiger partial charge in [0.05, 0.1) is 25.5 Å². The lowest BCUT2D eigenvalue weighted by atomic mass is 9.87. The van der Waals surface area contributed by atoms with Crippen LogP contribution in [-0.4, -0.2) is 126 Å². The van der Waals surface area contributed by atoms with Gasteiger partial charge in [-0.1, -0.05) is 6.07 Å². The Morgan fingerprint density at radius 2 is 1.37 bits per heavy atom. The number of halogens is 9. The van der Waals surface area contributed by atoms with Gasteiger partial charge < -0.3 is 29.7 Å². The second-order valence-electron chi connectivity index (χ2n) is 9.01. The summed E-state index contributed by atoms with van der Waals surface area (Å²) in [6.45, 7) is 8.85. The van der Waals surface area contributed by atoms with E-state index in [2.05, 4.69) is 26.9 Å². The quantitative estimate of drug-likeness (QED) is 0.405. The van der Waals surface area contributed by atoms with E-state index in [1.165, 1.54) is 6.42 Å². The molecule has 0 amide bonds. The fourth-order valence-electron chi connectivity index (χ4n) is 3.62. The number of hydrogen-bond acceptors (Lipinski definition) is 8. The summed E-state index contributed by atoms with van der Waals surface area (Å²) in [7, 11) is 1.77. The number of methoxy groups -OCH3 is 1. The zero-order valence-corrected chi connectivity index (χ0v) is 22.5. The first-order chi connectivity index (χ1) is 19.6. The Hall–Kier alpha value is -3.23. The van der Waals surface area contributed by atoms with Crippen molar-refractivity contribution in [2.75, 3.05) is 59.7 Å². The third-order valence-corrected chi connectivity index (χ3v) is 5.49. The fraction of sp³-hybridized carbons (Fsp3) is 0.652. The van der Waals surface area contributed by atoms with Gasteiger partial charge in [-0.3, -0.25) is 9.88 Å². The Kier molecular flexibility index (Phi) is 16.4. The van der Waals surface area contributed by atoms with Crippen molar-refractivity contribution < 1.29 is 78.7 Å². The van der Waals surface area contributed by atoms with Gasteiger partial charge in [-0.25, -0.2) is 14.4 Å². The molecule has 20 heteroatoms. The van der Waals surface area contributed by atoms with Crippen LogP contribution in [0.3, 0.4) is 0 Å². The number of pyridine rings is 1. The summed E-state index contributed by atoms with van der Waals surface area (Å²) in [5, 5.41) is 21.4. The number of carboxylic acid groups (broad SMARTS) is 3. The standard InChI is InChI=1S/C17H27N3O2.3C2HF3O2/c1-21-10-8-19-7-5-17(13-19)14-20(9-11-22-15-17)12-16-4-2-3-6-18-16;3*3-2(4,5)1(6)7/h2-4,6H,5,7-15H2,1H3;3*(H,6,7). The lowest BCUT2D eigenvalue weighted by Crippen LogP contribution is -2.41. The highest BCUT2D eigenvalue weighted by atomic mass is 19.4. The molecular formula is C23H30F9N3O8. The molecule has 43 heavy (non-hydrogen) atoms. The normalized spacial score (nSPS) is 19.5. The van der Waals surface area contributed by atoms with Crippen LogP contribution in [0.5, 0.6) is 0 Å². The molecule has 3 heterocycles. The molecule has 1 atom stereocenters. The van der Waals surface area contributed by atoms with Gasteiger partial charge in [-0.05, 0) is 25.1 Å². The van der Waals surface area contributed by atoms with Crippen molar-refractivity contribution >= 4 is 17.9 Å². The van der Waals surface area contributed by atoms with Gasteiger partial charge in [-0.2, -0.15) is 39.5 Å². The third-order valence-electron chi connectivity index (χ3n) is 5.49. The average molecular weight is 647 g/mol. The van der Waals surface area contributed by atoms with Crippen molar-refractivity contribution in [3.8, 4) is 0 Å². The number of carboxylic acids is 3. The van der Waals surface area contributed by atoms with Crippen molar-refractivity contribution in [1.82, 2.24) is 14.8 Å². The summed E-state index contributed by atoms with van der Waals surface area (Å²) in [5.41, 5.74) is 1.42. The first-order valence-electron chi connectivity index (χ1n) is 11.9. The monoisotopic (exact) mass is 647 g/mol. The largest absolute Gasteiger partial charge is 0.490 e. The van der Waals surface area contributed by atoms with Crippen LogP contribution in [-0.2, 0) is 30.4 Å². The Bertz CT molecular complexity index is 938. The molecule has 1 spiro atoms. The van der Waals surface area contributed by atoms with Crippen molar-refractivity contribution in [2.24, 2.45) is 5.41 Å². The number of likely N-dealkylation sites (tertiary alicyclic amines) is 1. The van der Waals surface area contributed by atoms with Gasteiger partial charge in [0.15, 0.2) is 0 Å². The topological polar surface area (TPSA) is 150 Å². The minimum Gasteiger partial charge on any atom is -0.475 e. The molecule has 2 aliphatic heterocycles. The molecule has 0 aromatic carbocycles. The zero-order chi connectivity index (χ0) is 33.5. The van der Waals surface area contributed by atoms with Crippen LogP contribution in [0.4, 0.5) is 39.5 Å². The number of nitrogens with zero attached hydrogens (tertiary/aromatic N) is 3. The fourth-order valence-corrected chi connectivity index (χ4v) is 3.62. The molecule has 2 saturated heterocycles. The number of aromatic nitrogens is 1. The van der Waals surface area contributed by atoms with E-state index in [9.17, 15) is 39.5 Å². The highest BCUT2D eigenvalue weighted by Gasteiger charge is 2.41. The van der Waals surface area contributed by atoms with E-state index in [-0.39, 0.29) is 5.41 Å². The van der Waals surface area contributed by atoms with E-state index in [1.54, 1.807) is 7.11 Å². The minimum atomic E-state index is -5.08. The van der Waals surface area contributed by atoms with Crippen LogP contribution in [0.15, 0.2) is 24.4 Å². The molecule has 2 aliphatic rings. The second-order valence-corrected chi connectivity index (χ2v) is 9.01. The summed E-state index contributed by atoms with van der Waals surface area (Å²) in [4.78, 5) is 36.2. The maximum atomic E-state index is 10.6. The number of aliphatic carboxylic acids is 3. The maximum absolute atomic E-state index is 10.6. The lowest BCUT2D eigenvalue weighted by Gasteiger charge is -2.31. The Morgan fingerprint density at radius 3 is 1.79 bits per heavy atom. The summed E-state index contributed by atoms with van der Waals surface area (Å²) in [6.07, 6.45) is -12.2. The molecule has 1 unspecified atom stereocenters. The molecule has 0 aliphatic carbocycles. The highest BCUT2D eigenvalue weighted by molar-refractivity contribution is 5.73. The van der Waals surface area contributed by atoms with Crippen molar-refractivity contribution in [3.05, 3.63) is 30.1 Å². The van der Waals surface area contributed by atoms with Crippen molar-refractivity contribution in [3.63, 3.8) is 0 Å². The SMILES string of the molecule is COCCN1CCC2(COCCN(Cc3ccccn3)C2)C1.O=C(O)C(F)(F)F.O=C(O)C(F)(F)F.O=C(O)C(F)(F)F. The van der Waals surface area contributed by atoms with Gasteiger partial charge in [0, 0.05) is 51.4 Å². The number of alkyl halides is 9. The smallest absolute Gasteiger partial charge is 0.475 e. The number of ether oxygens (including phenoxy) is 2. The molecule has 3 N–H and O–H groups in total. The van der Waals surface area contributed by atoms with Crippen LogP contribution in [0.25, 0.3) is 0 Å². The molecule has 0 bridgehead atoms. The number of carbonyl (C=O) groups is 3. The minimum absolute atomic E-state index is 0.277. The van der Waals surface area contributed by atoms with Crippen LogP contribution < -0.4 is 0 Å². The van der Waals surface area contributed by atoms with E-state index < -0.39 is 36.4 Å². The average Bonchev–Trinajstić information content (AvgIpc) is 3.16. The Balaban J connectivity index is 0.000000690. The van der Waals surface area contributed by atoms with E-state index >= 15 is 0 Å². The van der Waals surface area contributed by atoms with Gasteiger partial charge in [0.2, 0.25) is 0 Å². The zero-order valence-electron chi connectivity index (χ0n) is 22.5. The van der Waals surface area contributed by atoms with Crippen molar-refractivity contribution in [1.29, 1.82) is 0 Å². The third kappa shape index (κ3) is 17.5. The van der Waals surface area contributed by atoms with Crippen LogP contribution >= 0.6 is 0 Å². The summed E-state index contributed by atoms with van der Waals surface area (Å²) < 4.78 is 106. The molecule has 11 nitrogen and oxygen atoms in total. The van der Waals surface area contributed by atoms with Crippen LogP contribution in [0.2, 0.25) is 0 Å². The number of rotatable bonds is 5. The Labute approximate surface area is 238 Å². The first-order valence-corrected chi connectivity index (χ1v) is 11.9. The maximum Gasteiger partial charge on any atom is 0.490 e. The van der Waals surface area contributed by atoms with E-state index in [4.69, 9.17) is 39.2 Å².